The van der Waals surface area contributed by atoms with Crippen LogP contribution in [0.5, 0.6) is 0 Å². The summed E-state index contributed by atoms with van der Waals surface area (Å²) in [6, 6.07) is 0.243. The van der Waals surface area contributed by atoms with Crippen molar-refractivity contribution in [2.75, 3.05) is 5.32 Å². The molecule has 4 rings (SSSR count). The summed E-state index contributed by atoms with van der Waals surface area (Å²) in [7, 11) is 0. The van der Waals surface area contributed by atoms with E-state index in [1.54, 1.807) is 0 Å². The van der Waals surface area contributed by atoms with Crippen LogP contribution in [0.3, 0.4) is 0 Å². The summed E-state index contributed by atoms with van der Waals surface area (Å²) in [4.78, 5) is 39.1. The molecule has 2 amide bonds. The fourth-order valence-electron chi connectivity index (χ4n) is 5.08. The molecule has 2 saturated carbocycles. The van der Waals surface area contributed by atoms with Gasteiger partial charge in [-0.3, -0.25) is 14.4 Å². The van der Waals surface area contributed by atoms with Crippen molar-refractivity contribution < 1.29 is 19.5 Å². The summed E-state index contributed by atoms with van der Waals surface area (Å²) in [5.74, 6) is -1.88. The number of hydrogen-bond donors (Lipinski definition) is 3. The van der Waals surface area contributed by atoms with E-state index in [1.165, 1.54) is 16.2 Å². The molecule has 6 nitrogen and oxygen atoms in total. The van der Waals surface area contributed by atoms with Crippen molar-refractivity contribution >= 4 is 34.1 Å². The third-order valence-corrected chi connectivity index (χ3v) is 8.46. The molecule has 0 saturated heterocycles. The van der Waals surface area contributed by atoms with Crippen LogP contribution >= 0.6 is 11.3 Å². The van der Waals surface area contributed by atoms with Crippen LogP contribution in [0, 0.1) is 23.2 Å². The van der Waals surface area contributed by atoms with Crippen LogP contribution < -0.4 is 10.6 Å². The Morgan fingerprint density at radius 3 is 2.29 bits per heavy atom. The summed E-state index contributed by atoms with van der Waals surface area (Å²) in [5.41, 5.74) is 1.89. The van der Waals surface area contributed by atoms with E-state index in [4.69, 9.17) is 0 Å². The Kier molecular flexibility index (Phi) is 6.16. The number of hydrogen-bond acceptors (Lipinski definition) is 4. The van der Waals surface area contributed by atoms with Crippen molar-refractivity contribution in [2.45, 2.75) is 84.6 Å². The molecular weight excluding hydrogens is 412 g/mol. The Morgan fingerprint density at radius 2 is 1.68 bits per heavy atom. The number of thiophene rings is 1. The minimum Gasteiger partial charge on any atom is -0.481 e. The molecule has 1 aromatic heterocycles. The molecule has 0 radical (unpaired) electrons. The molecule has 170 valence electrons. The first kappa shape index (κ1) is 22.3. The number of rotatable bonds is 5. The zero-order valence-corrected chi connectivity index (χ0v) is 19.6. The first-order valence-corrected chi connectivity index (χ1v) is 12.5. The van der Waals surface area contributed by atoms with E-state index in [0.29, 0.717) is 29.3 Å². The van der Waals surface area contributed by atoms with Gasteiger partial charge in [0, 0.05) is 10.9 Å². The number of fused-ring (bicyclic) bond motifs is 1. The highest BCUT2D eigenvalue weighted by molar-refractivity contribution is 7.17. The molecule has 1 heterocycles. The van der Waals surface area contributed by atoms with E-state index in [1.807, 2.05) is 0 Å². The zero-order valence-electron chi connectivity index (χ0n) is 18.8. The average Bonchev–Trinajstić information content (AvgIpc) is 3.44. The lowest BCUT2D eigenvalue weighted by Gasteiger charge is -2.33. The first-order chi connectivity index (χ1) is 14.6. The minimum atomic E-state index is -0.898. The molecule has 3 aliphatic rings. The molecule has 0 aromatic carbocycles. The van der Waals surface area contributed by atoms with Gasteiger partial charge in [0.05, 0.1) is 17.4 Å². The Labute approximate surface area is 188 Å². The van der Waals surface area contributed by atoms with Crippen molar-refractivity contribution in [1.29, 1.82) is 0 Å². The standard InChI is InChI=1S/C24H34N2O4S/c1-24(2,3)13-8-11-17-18(12-13)31-22(19(17)21(28)25-14-9-10-14)26-20(27)15-6-4-5-7-16(15)23(29)30/h13-16H,4-12H2,1-3H3,(H,25,28)(H,26,27)(H,29,30). The van der Waals surface area contributed by atoms with Crippen molar-refractivity contribution in [1.82, 2.24) is 5.32 Å². The predicted octanol–water partition coefficient (Wildman–Crippen LogP) is 4.62. The molecule has 31 heavy (non-hydrogen) atoms. The van der Waals surface area contributed by atoms with Gasteiger partial charge >= 0.3 is 5.97 Å². The highest BCUT2D eigenvalue weighted by Crippen LogP contribution is 2.45. The number of anilines is 1. The van der Waals surface area contributed by atoms with Gasteiger partial charge in [0.25, 0.3) is 5.91 Å². The number of aliphatic carboxylic acids is 1. The van der Waals surface area contributed by atoms with Crippen LogP contribution in [-0.4, -0.2) is 28.9 Å². The second-order valence-corrected chi connectivity index (χ2v) is 11.7. The highest BCUT2D eigenvalue weighted by Gasteiger charge is 2.38. The van der Waals surface area contributed by atoms with Crippen LogP contribution in [0.1, 0.15) is 86.5 Å². The maximum absolute atomic E-state index is 13.1. The molecule has 7 heteroatoms. The van der Waals surface area contributed by atoms with Crippen molar-refractivity contribution in [3.8, 4) is 0 Å². The van der Waals surface area contributed by atoms with Gasteiger partial charge < -0.3 is 15.7 Å². The Balaban J connectivity index is 1.61. The molecule has 3 atom stereocenters. The Hall–Kier alpha value is -1.89. The molecule has 0 bridgehead atoms. The van der Waals surface area contributed by atoms with Crippen LogP contribution in [0.15, 0.2) is 0 Å². The van der Waals surface area contributed by atoms with E-state index >= 15 is 0 Å². The van der Waals surface area contributed by atoms with Gasteiger partial charge in [0.15, 0.2) is 0 Å². The summed E-state index contributed by atoms with van der Waals surface area (Å²) in [6.45, 7) is 6.78. The molecule has 3 unspecified atom stereocenters. The lowest BCUT2D eigenvalue weighted by Crippen LogP contribution is -2.36. The van der Waals surface area contributed by atoms with E-state index in [0.717, 1.165) is 50.5 Å². The number of nitrogens with one attached hydrogen (secondary N) is 2. The van der Waals surface area contributed by atoms with E-state index < -0.39 is 17.8 Å². The molecule has 2 fully saturated rings. The lowest BCUT2D eigenvalue weighted by atomic mass is 9.72. The fourth-order valence-corrected chi connectivity index (χ4v) is 6.41. The zero-order chi connectivity index (χ0) is 22.3. The third kappa shape index (κ3) is 4.81. The van der Waals surface area contributed by atoms with Gasteiger partial charge in [-0.05, 0) is 61.8 Å². The van der Waals surface area contributed by atoms with E-state index in [9.17, 15) is 19.5 Å². The number of carboxylic acid groups (broad SMARTS) is 1. The molecule has 3 aliphatic carbocycles. The smallest absolute Gasteiger partial charge is 0.307 e. The van der Waals surface area contributed by atoms with Gasteiger partial charge in [-0.2, -0.15) is 0 Å². The summed E-state index contributed by atoms with van der Waals surface area (Å²) < 4.78 is 0. The Morgan fingerprint density at radius 1 is 1.00 bits per heavy atom. The van der Waals surface area contributed by atoms with Crippen molar-refractivity contribution in [3.63, 3.8) is 0 Å². The maximum Gasteiger partial charge on any atom is 0.307 e. The fraction of sp³-hybridized carbons (Fsp3) is 0.708. The van der Waals surface area contributed by atoms with E-state index in [2.05, 4.69) is 31.4 Å². The third-order valence-electron chi connectivity index (χ3n) is 7.29. The van der Waals surface area contributed by atoms with Gasteiger partial charge in [-0.1, -0.05) is 33.6 Å². The highest BCUT2D eigenvalue weighted by atomic mass is 32.1. The SMILES string of the molecule is CC(C)(C)C1CCc2c(sc(NC(=O)C3CCCCC3C(=O)O)c2C(=O)NC2CC2)C1. The van der Waals surface area contributed by atoms with E-state index in [-0.39, 0.29) is 23.3 Å². The average molecular weight is 447 g/mol. The number of carboxylic acids is 1. The molecule has 1 aromatic rings. The minimum absolute atomic E-state index is 0.0945. The molecular formula is C24H34N2O4S. The second kappa shape index (κ2) is 8.57. The molecule has 0 spiro atoms. The molecule has 3 N–H and O–H groups in total. The van der Waals surface area contributed by atoms with Crippen LogP contribution in [-0.2, 0) is 22.4 Å². The quantitative estimate of drug-likeness (QED) is 0.615. The largest absolute Gasteiger partial charge is 0.481 e. The van der Waals surface area contributed by atoms with Crippen molar-refractivity contribution in [3.05, 3.63) is 16.0 Å². The Bertz CT molecular complexity index is 881. The summed E-state index contributed by atoms with van der Waals surface area (Å²) in [5, 5.41) is 16.3. The summed E-state index contributed by atoms with van der Waals surface area (Å²) >= 11 is 1.52. The second-order valence-electron chi connectivity index (χ2n) is 10.6. The normalized spacial score (nSPS) is 26.1. The van der Waals surface area contributed by atoms with Gasteiger partial charge in [0.1, 0.15) is 5.00 Å². The number of carbonyl (C=O) groups excluding carboxylic acids is 2. The van der Waals surface area contributed by atoms with Crippen LogP contribution in [0.2, 0.25) is 0 Å². The van der Waals surface area contributed by atoms with Gasteiger partial charge in [-0.15, -0.1) is 11.3 Å². The number of carbonyl (C=O) groups is 3. The number of amides is 2. The van der Waals surface area contributed by atoms with Crippen LogP contribution in [0.4, 0.5) is 5.00 Å². The summed E-state index contributed by atoms with van der Waals surface area (Å²) in [6.07, 6.45) is 7.65. The first-order valence-electron chi connectivity index (χ1n) is 11.6. The van der Waals surface area contributed by atoms with Gasteiger partial charge in [-0.25, -0.2) is 0 Å². The van der Waals surface area contributed by atoms with Crippen molar-refractivity contribution in [2.24, 2.45) is 23.2 Å². The van der Waals surface area contributed by atoms with Crippen LogP contribution in [0.25, 0.3) is 0 Å². The monoisotopic (exact) mass is 446 g/mol. The van der Waals surface area contributed by atoms with Gasteiger partial charge in [0.2, 0.25) is 5.91 Å². The molecule has 0 aliphatic heterocycles. The predicted molar refractivity (Wildman–Crippen MR) is 121 cm³/mol. The lowest BCUT2D eigenvalue weighted by molar-refractivity contribution is -0.147. The topological polar surface area (TPSA) is 95.5 Å². The maximum atomic E-state index is 13.1.